The molecule has 1 aliphatic carbocycles. The van der Waals surface area contributed by atoms with E-state index in [4.69, 9.17) is 4.74 Å². The Hall–Kier alpha value is -1.68. The van der Waals surface area contributed by atoms with Gasteiger partial charge >= 0.3 is 5.97 Å². The third kappa shape index (κ3) is 4.91. The van der Waals surface area contributed by atoms with Crippen molar-refractivity contribution in [1.82, 2.24) is 0 Å². The molecule has 0 radical (unpaired) electrons. The summed E-state index contributed by atoms with van der Waals surface area (Å²) in [4.78, 5) is 22.8. The lowest BCUT2D eigenvalue weighted by Crippen LogP contribution is -2.31. The Morgan fingerprint density at radius 3 is 2.71 bits per heavy atom. The van der Waals surface area contributed by atoms with Crippen LogP contribution in [0.5, 0.6) is 0 Å². The quantitative estimate of drug-likeness (QED) is 0.572. The molecule has 1 atom stereocenters. The average molecular weight is 332 g/mol. The molecule has 0 bridgehead atoms. The van der Waals surface area contributed by atoms with Crippen molar-refractivity contribution < 1.29 is 19.4 Å². The van der Waals surface area contributed by atoms with Gasteiger partial charge in [-0.05, 0) is 61.2 Å². The molecule has 0 fully saturated rings. The van der Waals surface area contributed by atoms with E-state index in [1.54, 1.807) is 12.2 Å². The topological polar surface area (TPSA) is 63.6 Å². The maximum absolute atomic E-state index is 11.8. The molecule has 24 heavy (non-hydrogen) atoms. The van der Waals surface area contributed by atoms with E-state index in [0.29, 0.717) is 18.9 Å². The summed E-state index contributed by atoms with van der Waals surface area (Å²) in [5, 5.41) is 9.60. The summed E-state index contributed by atoms with van der Waals surface area (Å²) in [6, 6.07) is 0. The highest BCUT2D eigenvalue weighted by Gasteiger charge is 2.35. The normalized spacial score (nSPS) is 23.8. The van der Waals surface area contributed by atoms with Crippen LogP contribution in [0.1, 0.15) is 52.9 Å². The Labute approximate surface area is 144 Å². The second kappa shape index (κ2) is 7.93. The number of allylic oxidation sites excluding steroid dienone is 3. The smallest absolute Gasteiger partial charge is 0.331 e. The van der Waals surface area contributed by atoms with Gasteiger partial charge in [0.05, 0.1) is 6.61 Å². The number of esters is 1. The standard InChI is InChI=1S/C20H28O4/c1-14-9-17(22)11-20(2,3)18(14)8-7-15(12-21)5-4-6-16-10-19(23)24-13-16/h5,9-10,18,21H,4,6-8,11-13H2,1-3H3. The Kier molecular flexibility index (Phi) is 6.16. The molecule has 0 amide bonds. The summed E-state index contributed by atoms with van der Waals surface area (Å²) in [6.45, 7) is 6.80. The van der Waals surface area contributed by atoms with Gasteiger partial charge in [-0.1, -0.05) is 25.5 Å². The zero-order valence-electron chi connectivity index (χ0n) is 14.9. The van der Waals surface area contributed by atoms with E-state index in [0.717, 1.165) is 42.4 Å². The molecule has 0 saturated carbocycles. The summed E-state index contributed by atoms with van der Waals surface area (Å²) in [5.41, 5.74) is 3.17. The van der Waals surface area contributed by atoms with Crippen LogP contribution in [0, 0.1) is 11.3 Å². The molecular formula is C20H28O4. The van der Waals surface area contributed by atoms with E-state index in [1.165, 1.54) is 0 Å². The van der Waals surface area contributed by atoms with Gasteiger partial charge in [-0.2, -0.15) is 0 Å². The molecule has 1 N–H and O–H groups in total. The van der Waals surface area contributed by atoms with Crippen molar-refractivity contribution in [3.63, 3.8) is 0 Å². The molecule has 4 heteroatoms. The lowest BCUT2D eigenvalue weighted by atomic mass is 9.66. The van der Waals surface area contributed by atoms with Crippen LogP contribution in [0.4, 0.5) is 0 Å². The van der Waals surface area contributed by atoms with Gasteiger partial charge in [-0.15, -0.1) is 0 Å². The van der Waals surface area contributed by atoms with Crippen LogP contribution >= 0.6 is 0 Å². The number of ketones is 1. The number of aliphatic hydroxyl groups is 1. The maximum Gasteiger partial charge on any atom is 0.331 e. The number of cyclic esters (lactones) is 1. The number of rotatable bonds is 7. The minimum atomic E-state index is -0.257. The van der Waals surface area contributed by atoms with Gasteiger partial charge in [0.25, 0.3) is 0 Å². The zero-order chi connectivity index (χ0) is 17.7. The van der Waals surface area contributed by atoms with Gasteiger partial charge in [0.2, 0.25) is 0 Å². The van der Waals surface area contributed by atoms with Gasteiger partial charge < -0.3 is 9.84 Å². The predicted molar refractivity (Wildman–Crippen MR) is 93.3 cm³/mol. The van der Waals surface area contributed by atoms with Crippen LogP contribution < -0.4 is 0 Å². The van der Waals surface area contributed by atoms with Gasteiger partial charge in [-0.25, -0.2) is 4.79 Å². The Bertz CT molecular complexity index is 593. The van der Waals surface area contributed by atoms with Crippen LogP contribution in [-0.4, -0.2) is 30.1 Å². The number of hydrogen-bond donors (Lipinski definition) is 1. The predicted octanol–water partition coefficient (Wildman–Crippen LogP) is 3.51. The monoisotopic (exact) mass is 332 g/mol. The van der Waals surface area contributed by atoms with Gasteiger partial charge in [0.15, 0.2) is 5.78 Å². The first-order valence-electron chi connectivity index (χ1n) is 8.68. The highest BCUT2D eigenvalue weighted by molar-refractivity contribution is 5.92. The molecule has 0 aromatic rings. The van der Waals surface area contributed by atoms with Crippen LogP contribution in [0.15, 0.2) is 34.9 Å². The molecule has 4 nitrogen and oxygen atoms in total. The lowest BCUT2D eigenvalue weighted by Gasteiger charge is -2.38. The fourth-order valence-corrected chi connectivity index (χ4v) is 3.81. The molecular weight excluding hydrogens is 304 g/mol. The van der Waals surface area contributed by atoms with E-state index in [-0.39, 0.29) is 23.8 Å². The van der Waals surface area contributed by atoms with Crippen LogP contribution in [0.3, 0.4) is 0 Å². The molecule has 2 aliphatic rings. The Morgan fingerprint density at radius 1 is 1.38 bits per heavy atom. The van der Waals surface area contributed by atoms with E-state index >= 15 is 0 Å². The summed E-state index contributed by atoms with van der Waals surface area (Å²) in [5.74, 6) is 0.328. The number of ether oxygens (including phenoxy) is 1. The first kappa shape index (κ1) is 18.7. The summed E-state index contributed by atoms with van der Waals surface area (Å²) < 4.78 is 4.88. The number of carbonyl (C=O) groups excluding carboxylic acids is 2. The molecule has 0 saturated heterocycles. The van der Waals surface area contributed by atoms with Gasteiger partial charge in [0.1, 0.15) is 6.61 Å². The first-order valence-corrected chi connectivity index (χ1v) is 8.68. The minimum absolute atomic E-state index is 0.0250. The zero-order valence-corrected chi connectivity index (χ0v) is 14.9. The summed E-state index contributed by atoms with van der Waals surface area (Å²) in [6.07, 6.45) is 9.37. The number of carbonyl (C=O) groups is 2. The van der Waals surface area contributed by atoms with E-state index in [1.807, 2.05) is 6.92 Å². The van der Waals surface area contributed by atoms with Crippen LogP contribution in [-0.2, 0) is 14.3 Å². The molecule has 132 valence electrons. The summed E-state index contributed by atoms with van der Waals surface area (Å²) >= 11 is 0. The largest absolute Gasteiger partial charge is 0.458 e. The Balaban J connectivity index is 1.89. The fraction of sp³-hybridized carbons (Fsp3) is 0.600. The van der Waals surface area contributed by atoms with Crippen LogP contribution in [0.2, 0.25) is 0 Å². The highest BCUT2D eigenvalue weighted by atomic mass is 16.5. The van der Waals surface area contributed by atoms with E-state index in [2.05, 4.69) is 19.9 Å². The highest BCUT2D eigenvalue weighted by Crippen LogP contribution is 2.42. The van der Waals surface area contributed by atoms with Gasteiger partial charge in [0, 0.05) is 12.5 Å². The van der Waals surface area contributed by atoms with Gasteiger partial charge in [-0.3, -0.25) is 4.79 Å². The fourth-order valence-electron chi connectivity index (χ4n) is 3.81. The second-order valence-electron chi connectivity index (χ2n) is 7.58. The first-order chi connectivity index (χ1) is 11.3. The van der Waals surface area contributed by atoms with E-state index < -0.39 is 0 Å². The third-order valence-electron chi connectivity index (χ3n) is 5.09. The van der Waals surface area contributed by atoms with Crippen molar-refractivity contribution in [2.75, 3.05) is 13.2 Å². The minimum Gasteiger partial charge on any atom is -0.458 e. The van der Waals surface area contributed by atoms with Crippen molar-refractivity contribution in [1.29, 1.82) is 0 Å². The SMILES string of the molecule is CC1=CC(=O)CC(C)(C)C1CCC(=CCCC1=CC(=O)OC1)CO. The van der Waals surface area contributed by atoms with Crippen molar-refractivity contribution in [3.05, 3.63) is 34.9 Å². The molecule has 1 unspecified atom stereocenters. The average Bonchev–Trinajstić information content (AvgIpc) is 2.89. The maximum atomic E-state index is 11.8. The van der Waals surface area contributed by atoms with Crippen LogP contribution in [0.25, 0.3) is 0 Å². The van der Waals surface area contributed by atoms with Crippen molar-refractivity contribution in [2.45, 2.75) is 52.9 Å². The molecule has 1 heterocycles. The summed E-state index contributed by atoms with van der Waals surface area (Å²) in [7, 11) is 0. The molecule has 1 aliphatic heterocycles. The number of hydrogen-bond acceptors (Lipinski definition) is 4. The molecule has 0 aromatic carbocycles. The Morgan fingerprint density at radius 2 is 2.12 bits per heavy atom. The molecule has 2 rings (SSSR count). The van der Waals surface area contributed by atoms with Crippen molar-refractivity contribution >= 4 is 11.8 Å². The number of aliphatic hydroxyl groups excluding tert-OH is 1. The van der Waals surface area contributed by atoms with E-state index in [9.17, 15) is 14.7 Å². The van der Waals surface area contributed by atoms with Crippen molar-refractivity contribution in [2.24, 2.45) is 11.3 Å². The second-order valence-corrected chi connectivity index (χ2v) is 7.58. The lowest BCUT2D eigenvalue weighted by molar-refractivity contribution is -0.135. The van der Waals surface area contributed by atoms with Crippen molar-refractivity contribution in [3.8, 4) is 0 Å². The molecule has 0 aromatic heterocycles. The third-order valence-corrected chi connectivity index (χ3v) is 5.09. The molecule has 0 spiro atoms.